The molecule has 12 heteroatoms. The van der Waals surface area contributed by atoms with Crippen LogP contribution in [0.3, 0.4) is 0 Å². The molecule has 178 valence electrons. The molecule has 2 fully saturated rings. The summed E-state index contributed by atoms with van der Waals surface area (Å²) in [5, 5.41) is 0. The second-order valence-electron chi connectivity index (χ2n) is 7.39. The van der Waals surface area contributed by atoms with Crippen molar-refractivity contribution < 1.29 is 33.4 Å². The van der Waals surface area contributed by atoms with Gasteiger partial charge in [0.05, 0.1) is 0 Å². The number of methoxy groups -OCH3 is 1. The van der Waals surface area contributed by atoms with Crippen LogP contribution < -0.4 is 0 Å². The van der Waals surface area contributed by atoms with E-state index in [4.69, 9.17) is 49.0 Å². The molecule has 0 bridgehead atoms. The van der Waals surface area contributed by atoms with Gasteiger partial charge in [-0.25, -0.2) is 19.4 Å². The third kappa shape index (κ3) is 4.32. The fraction of sp³-hybridized carbons (Fsp3) is 0.273. The summed E-state index contributed by atoms with van der Waals surface area (Å²) >= 11 is 18.2. The molecule has 0 spiro atoms. The molecule has 2 aromatic rings. The molecule has 0 aliphatic carbocycles. The quantitative estimate of drug-likeness (QED) is 0.553. The number of alkyl halides is 3. The fourth-order valence-electron chi connectivity index (χ4n) is 3.89. The molecule has 0 unspecified atom stereocenters. The monoisotopic (exact) mass is 526 g/mol. The van der Waals surface area contributed by atoms with Crippen LogP contribution >= 0.6 is 34.8 Å². The van der Waals surface area contributed by atoms with Crippen molar-refractivity contribution in [1.82, 2.24) is 9.80 Å². The van der Waals surface area contributed by atoms with Gasteiger partial charge in [0.15, 0.2) is 18.4 Å². The molecule has 2 heterocycles. The predicted octanol–water partition coefficient (Wildman–Crippen LogP) is 4.02. The smallest absolute Gasteiger partial charge is 0.419 e. The molecule has 2 aromatic carbocycles. The van der Waals surface area contributed by atoms with Crippen molar-refractivity contribution in [3.05, 3.63) is 71.8 Å². The van der Waals surface area contributed by atoms with Crippen molar-refractivity contribution in [1.29, 1.82) is 0 Å². The van der Waals surface area contributed by atoms with Gasteiger partial charge >= 0.3 is 12.2 Å². The highest BCUT2D eigenvalue weighted by molar-refractivity contribution is 6.68. The largest absolute Gasteiger partial charge is 0.439 e. The number of hydrogen-bond donors (Lipinski definition) is 0. The summed E-state index contributed by atoms with van der Waals surface area (Å²) in [7, 11) is 1.23. The van der Waals surface area contributed by atoms with E-state index in [0.29, 0.717) is 4.90 Å². The lowest BCUT2D eigenvalue weighted by molar-refractivity contribution is -0.0461. The molecular weight excluding hydrogens is 511 g/mol. The number of carbonyl (C=O) groups is 4. The Balaban J connectivity index is 1.74. The molecule has 4 amide bonds. The first-order valence-corrected chi connectivity index (χ1v) is 11.1. The van der Waals surface area contributed by atoms with Crippen LogP contribution in [0, 0.1) is 0 Å². The minimum absolute atomic E-state index is 0.143. The summed E-state index contributed by atoms with van der Waals surface area (Å²) in [4.78, 5) is 53.3. The maximum Gasteiger partial charge on any atom is 0.419 e. The van der Waals surface area contributed by atoms with Crippen molar-refractivity contribution in [2.24, 2.45) is 0 Å². The van der Waals surface area contributed by atoms with Crippen molar-refractivity contribution in [2.75, 3.05) is 7.11 Å². The molecule has 0 aromatic heterocycles. The van der Waals surface area contributed by atoms with Gasteiger partial charge in [0, 0.05) is 18.2 Å². The second kappa shape index (κ2) is 9.42. The number of cyclic esters (lactones) is 2. The summed E-state index contributed by atoms with van der Waals surface area (Å²) in [5.41, 5.74) is 0.334. The van der Waals surface area contributed by atoms with E-state index >= 15 is 0 Å². The molecule has 4 atom stereocenters. The van der Waals surface area contributed by atoms with E-state index in [2.05, 4.69) is 0 Å². The number of rotatable bonds is 4. The Labute approximate surface area is 209 Å². The van der Waals surface area contributed by atoms with E-state index in [1.54, 1.807) is 36.4 Å². The number of benzene rings is 2. The maximum absolute atomic E-state index is 13.2. The van der Waals surface area contributed by atoms with Gasteiger partial charge in [-0.2, -0.15) is 0 Å². The summed E-state index contributed by atoms with van der Waals surface area (Å²) in [6.07, 6.45) is -6.46. The van der Waals surface area contributed by atoms with E-state index in [9.17, 15) is 19.2 Å². The second-order valence-corrected chi connectivity index (χ2v) is 9.76. The van der Waals surface area contributed by atoms with E-state index in [1.807, 2.05) is 0 Å². The summed E-state index contributed by atoms with van der Waals surface area (Å²) in [6, 6.07) is 14.4. The topological polar surface area (TPSA) is 102 Å². The van der Waals surface area contributed by atoms with Gasteiger partial charge < -0.3 is 14.2 Å². The highest BCUT2D eigenvalue weighted by Gasteiger charge is 2.63. The zero-order valence-electron chi connectivity index (χ0n) is 17.5. The summed E-state index contributed by atoms with van der Waals surface area (Å²) < 4.78 is 13.9. The van der Waals surface area contributed by atoms with Crippen LogP contribution in [-0.2, 0) is 14.2 Å². The van der Waals surface area contributed by atoms with Crippen LogP contribution in [0.25, 0.3) is 0 Å². The molecule has 4 rings (SSSR count). The predicted molar refractivity (Wildman–Crippen MR) is 121 cm³/mol. The first-order valence-electron chi connectivity index (χ1n) is 9.93. The molecule has 2 aliphatic heterocycles. The van der Waals surface area contributed by atoms with Gasteiger partial charge in [-0.15, -0.1) is 0 Å². The standard InChI is InChI=1S/C22H17Cl3N2O7/c1-32-19-15(33-21(31)27(19)18(29)13-10-6-3-7-11-13)14-16(22(23,24)25)34-20(30)26(14)17(28)12-8-4-2-5-9-12/h2-11,14-16,19H,1H3/t14-,15+,16+,19+/m0/s1. The van der Waals surface area contributed by atoms with Crippen LogP contribution in [0.2, 0.25) is 0 Å². The summed E-state index contributed by atoms with van der Waals surface area (Å²) in [6.45, 7) is 0. The highest BCUT2D eigenvalue weighted by atomic mass is 35.6. The summed E-state index contributed by atoms with van der Waals surface area (Å²) in [5.74, 6) is -1.48. The molecule has 9 nitrogen and oxygen atoms in total. The normalized spacial score (nSPS) is 24.7. The van der Waals surface area contributed by atoms with Gasteiger partial charge in [0.2, 0.25) is 3.79 Å². The molecular formula is C22H17Cl3N2O7. The molecule has 0 N–H and O–H groups in total. The fourth-order valence-corrected chi connectivity index (χ4v) is 4.41. The van der Waals surface area contributed by atoms with Gasteiger partial charge in [0.25, 0.3) is 11.8 Å². The lowest BCUT2D eigenvalue weighted by Crippen LogP contribution is -2.56. The Morgan fingerprint density at radius 2 is 1.29 bits per heavy atom. The lowest BCUT2D eigenvalue weighted by Gasteiger charge is -2.32. The van der Waals surface area contributed by atoms with E-state index < -0.39 is 52.3 Å². The molecule has 34 heavy (non-hydrogen) atoms. The molecule has 0 saturated carbocycles. The molecule has 2 aliphatic rings. The Hall–Kier alpha value is -2.85. The van der Waals surface area contributed by atoms with E-state index in [1.165, 1.54) is 31.4 Å². The van der Waals surface area contributed by atoms with Crippen LogP contribution in [0.5, 0.6) is 0 Å². The zero-order chi connectivity index (χ0) is 24.6. The van der Waals surface area contributed by atoms with Gasteiger partial charge in [0.1, 0.15) is 6.04 Å². The number of imide groups is 2. The molecule has 2 saturated heterocycles. The Bertz CT molecular complexity index is 1110. The SMILES string of the molecule is CO[C@@H]1[C@@H]([C@H]2[C@H](C(Cl)(Cl)Cl)OC(=O)N2C(=O)c2ccccc2)OC(=O)N1C(=O)c1ccccc1. The van der Waals surface area contributed by atoms with E-state index in [-0.39, 0.29) is 11.1 Å². The Morgan fingerprint density at radius 1 is 0.824 bits per heavy atom. The van der Waals surface area contributed by atoms with E-state index in [0.717, 1.165) is 4.90 Å². The minimum atomic E-state index is -2.20. The third-order valence-electron chi connectivity index (χ3n) is 5.38. The Morgan fingerprint density at radius 3 is 1.76 bits per heavy atom. The molecule has 0 radical (unpaired) electrons. The number of ether oxygens (including phenoxy) is 3. The number of hydrogen-bond acceptors (Lipinski definition) is 7. The van der Waals surface area contributed by atoms with Gasteiger partial charge in [-0.3, -0.25) is 9.59 Å². The van der Waals surface area contributed by atoms with Gasteiger partial charge in [-0.05, 0) is 24.3 Å². The van der Waals surface area contributed by atoms with Crippen LogP contribution in [0.4, 0.5) is 9.59 Å². The van der Waals surface area contributed by atoms with Crippen molar-refractivity contribution in [3.63, 3.8) is 0 Å². The minimum Gasteiger partial charge on any atom is -0.439 e. The number of carbonyl (C=O) groups excluding carboxylic acids is 4. The third-order valence-corrected chi connectivity index (χ3v) is 6.03. The maximum atomic E-state index is 13.2. The van der Waals surface area contributed by atoms with Gasteiger partial charge in [-0.1, -0.05) is 71.2 Å². The van der Waals surface area contributed by atoms with Crippen LogP contribution in [0.15, 0.2) is 60.7 Å². The Kier molecular flexibility index (Phi) is 6.73. The number of nitrogens with zero attached hydrogens (tertiary/aromatic N) is 2. The first kappa shape index (κ1) is 24.3. The van der Waals surface area contributed by atoms with Crippen LogP contribution in [0.1, 0.15) is 20.7 Å². The lowest BCUT2D eigenvalue weighted by atomic mass is 10.0. The highest BCUT2D eigenvalue weighted by Crippen LogP contribution is 2.43. The van der Waals surface area contributed by atoms with Crippen LogP contribution in [-0.4, -0.2) is 69.2 Å². The van der Waals surface area contributed by atoms with Crippen molar-refractivity contribution >= 4 is 58.8 Å². The number of amides is 4. The van der Waals surface area contributed by atoms with Crippen molar-refractivity contribution in [3.8, 4) is 0 Å². The van der Waals surface area contributed by atoms with Crippen molar-refractivity contribution in [2.45, 2.75) is 28.3 Å². The average molecular weight is 528 g/mol. The average Bonchev–Trinajstić information content (AvgIpc) is 3.35. The first-order chi connectivity index (χ1) is 16.1. The number of halogens is 3. The zero-order valence-corrected chi connectivity index (χ0v) is 19.7.